The van der Waals surface area contributed by atoms with Crippen LogP contribution < -0.4 is 38.5 Å². The first-order chi connectivity index (χ1) is 17.3. The van der Waals surface area contributed by atoms with E-state index in [-0.39, 0.29) is 44.1 Å². The van der Waals surface area contributed by atoms with Crippen molar-refractivity contribution in [3.8, 4) is 0 Å². The summed E-state index contributed by atoms with van der Waals surface area (Å²) in [5.74, 6) is -3.56. The Morgan fingerprint density at radius 1 is 0.892 bits per heavy atom. The smallest absolute Gasteiger partial charge is 0.326 e. The summed E-state index contributed by atoms with van der Waals surface area (Å²) in [5, 5.41) is 26.8. The second-order valence-electron chi connectivity index (χ2n) is 9.03. The summed E-state index contributed by atoms with van der Waals surface area (Å²) in [5.41, 5.74) is 16.3. The third-order valence-corrected chi connectivity index (χ3v) is 5.87. The van der Waals surface area contributed by atoms with Gasteiger partial charge in [0.15, 0.2) is 5.96 Å². The van der Waals surface area contributed by atoms with Gasteiger partial charge in [-0.3, -0.25) is 24.6 Å². The summed E-state index contributed by atoms with van der Waals surface area (Å²) in [6, 6.07) is -4.32. The zero-order valence-corrected chi connectivity index (χ0v) is 22.5. The van der Waals surface area contributed by atoms with E-state index >= 15 is 0 Å². The zero-order valence-electron chi connectivity index (χ0n) is 21.7. The molecule has 0 unspecified atom stereocenters. The van der Waals surface area contributed by atoms with Crippen molar-refractivity contribution in [1.29, 1.82) is 5.41 Å². The van der Waals surface area contributed by atoms with E-state index < -0.39 is 53.8 Å². The molecule has 37 heavy (non-hydrogen) atoms. The van der Waals surface area contributed by atoms with Crippen LogP contribution in [0, 0.1) is 11.3 Å². The summed E-state index contributed by atoms with van der Waals surface area (Å²) < 4.78 is 0. The lowest BCUT2D eigenvalue weighted by Crippen LogP contribution is -2.57. The molecular formula is C22H42N8O6S. The van der Waals surface area contributed by atoms with Crippen molar-refractivity contribution in [2.24, 2.45) is 23.1 Å². The molecule has 212 valence electrons. The molecule has 0 spiro atoms. The Balaban J connectivity index is 5.55. The summed E-state index contributed by atoms with van der Waals surface area (Å²) >= 11 is 1.53. The van der Waals surface area contributed by atoms with E-state index in [1.807, 2.05) is 20.1 Å². The minimum absolute atomic E-state index is 0.0438. The highest BCUT2D eigenvalue weighted by molar-refractivity contribution is 7.98. The van der Waals surface area contributed by atoms with Crippen LogP contribution in [0.5, 0.6) is 0 Å². The summed E-state index contributed by atoms with van der Waals surface area (Å²) in [4.78, 5) is 61.2. The van der Waals surface area contributed by atoms with Gasteiger partial charge >= 0.3 is 5.97 Å². The van der Waals surface area contributed by atoms with Crippen LogP contribution >= 0.6 is 11.8 Å². The van der Waals surface area contributed by atoms with Crippen molar-refractivity contribution in [2.75, 3.05) is 18.6 Å². The zero-order chi connectivity index (χ0) is 28.5. The molecule has 0 fully saturated rings. The molecule has 4 amide bonds. The molecule has 15 heteroatoms. The SMILES string of the molecule is CSCC[C@H](N)C(=O)N[C@@H](CCCNC(=N)N)C(=O)N[C@@H](CC(C)C)C(=O)N[C@@H](CCC(N)=O)C(=O)O. The number of primary amides is 1. The lowest BCUT2D eigenvalue weighted by atomic mass is 10.0. The van der Waals surface area contributed by atoms with Gasteiger partial charge < -0.3 is 43.6 Å². The van der Waals surface area contributed by atoms with E-state index in [0.717, 1.165) is 0 Å². The normalized spacial score (nSPS) is 14.1. The molecular weight excluding hydrogens is 504 g/mol. The Hall–Kier alpha value is -3.07. The fraction of sp³-hybridized carbons (Fsp3) is 0.727. The Kier molecular flexibility index (Phi) is 16.7. The van der Waals surface area contributed by atoms with Crippen LogP contribution in [0.25, 0.3) is 0 Å². The average Bonchev–Trinajstić information content (AvgIpc) is 2.80. The second-order valence-corrected chi connectivity index (χ2v) is 10.0. The standard InChI is InChI=1S/C22H42N8O6S/c1-12(2)11-16(20(34)29-15(21(35)36)6-7-17(24)31)30-19(33)14(5-4-9-27-22(25)26)28-18(32)13(23)8-10-37-3/h12-16H,4-11,23H2,1-3H3,(H2,24,31)(H,28,32)(H,29,34)(H,30,33)(H,35,36)(H4,25,26,27)/t13-,14-,15-,16-/m0/s1. The van der Waals surface area contributed by atoms with E-state index in [9.17, 15) is 29.1 Å². The van der Waals surface area contributed by atoms with Crippen LogP contribution in [0.2, 0.25) is 0 Å². The van der Waals surface area contributed by atoms with Crippen molar-refractivity contribution in [2.45, 2.75) is 76.5 Å². The van der Waals surface area contributed by atoms with Gasteiger partial charge in [0.05, 0.1) is 6.04 Å². The van der Waals surface area contributed by atoms with Gasteiger partial charge in [0, 0.05) is 13.0 Å². The fourth-order valence-corrected chi connectivity index (χ4v) is 3.73. The molecule has 0 rings (SSSR count). The molecule has 0 aliphatic carbocycles. The first-order valence-corrected chi connectivity index (χ1v) is 13.4. The Labute approximate surface area is 221 Å². The number of aliphatic carboxylic acids is 1. The van der Waals surface area contributed by atoms with E-state index in [1.54, 1.807) is 0 Å². The highest BCUT2D eigenvalue weighted by Gasteiger charge is 2.30. The molecule has 0 aliphatic rings. The number of guanidine groups is 1. The predicted molar refractivity (Wildman–Crippen MR) is 141 cm³/mol. The van der Waals surface area contributed by atoms with Gasteiger partial charge in [-0.1, -0.05) is 13.8 Å². The highest BCUT2D eigenvalue weighted by atomic mass is 32.2. The first kappa shape index (κ1) is 33.9. The van der Waals surface area contributed by atoms with Gasteiger partial charge in [-0.2, -0.15) is 11.8 Å². The molecule has 0 aromatic carbocycles. The molecule has 0 aromatic heterocycles. The number of amides is 4. The van der Waals surface area contributed by atoms with Gasteiger partial charge in [0.1, 0.15) is 18.1 Å². The number of carboxylic acid groups (broad SMARTS) is 1. The van der Waals surface area contributed by atoms with Crippen LogP contribution in [-0.2, 0) is 24.0 Å². The topological polar surface area (TPSA) is 256 Å². The molecule has 0 saturated heterocycles. The van der Waals surface area contributed by atoms with E-state index in [2.05, 4.69) is 21.3 Å². The first-order valence-electron chi connectivity index (χ1n) is 12.0. The number of hydrogen-bond donors (Lipinski definition) is 9. The molecule has 0 saturated carbocycles. The number of carboxylic acids is 1. The van der Waals surface area contributed by atoms with Crippen LogP contribution in [0.3, 0.4) is 0 Å². The summed E-state index contributed by atoms with van der Waals surface area (Å²) in [6.07, 6.45) is 2.58. The van der Waals surface area contributed by atoms with Crippen LogP contribution in [0.15, 0.2) is 0 Å². The van der Waals surface area contributed by atoms with Crippen LogP contribution in [0.1, 0.15) is 52.4 Å². The minimum Gasteiger partial charge on any atom is -0.480 e. The molecule has 0 heterocycles. The van der Waals surface area contributed by atoms with Gasteiger partial charge in [-0.05, 0) is 50.0 Å². The van der Waals surface area contributed by atoms with Crippen LogP contribution in [0.4, 0.5) is 0 Å². The van der Waals surface area contributed by atoms with E-state index in [0.29, 0.717) is 18.6 Å². The maximum Gasteiger partial charge on any atom is 0.326 e. The molecule has 14 nitrogen and oxygen atoms in total. The minimum atomic E-state index is -1.37. The molecule has 0 radical (unpaired) electrons. The van der Waals surface area contributed by atoms with Crippen molar-refractivity contribution >= 4 is 47.3 Å². The lowest BCUT2D eigenvalue weighted by Gasteiger charge is -2.26. The van der Waals surface area contributed by atoms with Gasteiger partial charge in [0.25, 0.3) is 0 Å². The molecule has 0 aliphatic heterocycles. The maximum absolute atomic E-state index is 13.2. The number of rotatable bonds is 19. The van der Waals surface area contributed by atoms with Crippen molar-refractivity contribution in [3.05, 3.63) is 0 Å². The molecule has 12 N–H and O–H groups in total. The summed E-state index contributed by atoms with van der Waals surface area (Å²) in [6.45, 7) is 3.93. The number of thioether (sulfide) groups is 1. The fourth-order valence-electron chi connectivity index (χ4n) is 3.24. The number of carbonyl (C=O) groups is 5. The lowest BCUT2D eigenvalue weighted by molar-refractivity contribution is -0.142. The average molecular weight is 547 g/mol. The van der Waals surface area contributed by atoms with Gasteiger partial charge in [-0.25, -0.2) is 4.79 Å². The molecule has 0 bridgehead atoms. The predicted octanol–water partition coefficient (Wildman–Crippen LogP) is -1.82. The monoisotopic (exact) mass is 546 g/mol. The summed E-state index contributed by atoms with van der Waals surface area (Å²) in [7, 11) is 0. The maximum atomic E-state index is 13.2. The van der Waals surface area contributed by atoms with Crippen molar-refractivity contribution in [1.82, 2.24) is 21.3 Å². The van der Waals surface area contributed by atoms with E-state index in [4.69, 9.17) is 22.6 Å². The molecule has 0 aromatic rings. The Morgan fingerprint density at radius 2 is 1.46 bits per heavy atom. The number of nitrogens with two attached hydrogens (primary N) is 3. The Bertz CT molecular complexity index is 797. The van der Waals surface area contributed by atoms with Crippen molar-refractivity contribution < 1.29 is 29.1 Å². The number of nitrogens with one attached hydrogen (secondary N) is 5. The number of hydrogen-bond acceptors (Lipinski definition) is 8. The quantitative estimate of drug-likeness (QED) is 0.0498. The van der Waals surface area contributed by atoms with E-state index in [1.165, 1.54) is 11.8 Å². The molecule has 4 atom stereocenters. The third-order valence-electron chi connectivity index (χ3n) is 5.22. The number of carbonyl (C=O) groups excluding carboxylic acids is 4. The highest BCUT2D eigenvalue weighted by Crippen LogP contribution is 2.09. The van der Waals surface area contributed by atoms with Gasteiger partial charge in [0.2, 0.25) is 23.6 Å². The van der Waals surface area contributed by atoms with Crippen molar-refractivity contribution in [3.63, 3.8) is 0 Å². The third kappa shape index (κ3) is 15.6. The second kappa shape index (κ2) is 18.2. The van der Waals surface area contributed by atoms with Gasteiger partial charge in [-0.15, -0.1) is 0 Å². The Morgan fingerprint density at radius 3 is 1.97 bits per heavy atom. The van der Waals surface area contributed by atoms with Crippen LogP contribution in [-0.4, -0.2) is 83.4 Å². The largest absolute Gasteiger partial charge is 0.480 e.